The van der Waals surface area contributed by atoms with E-state index in [4.69, 9.17) is 4.42 Å². The van der Waals surface area contributed by atoms with Crippen molar-refractivity contribution in [1.82, 2.24) is 15.6 Å². The van der Waals surface area contributed by atoms with Crippen LogP contribution in [0.15, 0.2) is 57.8 Å². The van der Waals surface area contributed by atoms with Gasteiger partial charge in [0, 0.05) is 24.8 Å². The van der Waals surface area contributed by atoms with E-state index in [-0.39, 0.29) is 28.9 Å². The van der Waals surface area contributed by atoms with E-state index < -0.39 is 21.3 Å². The number of aromatic nitrogens is 1. The average Bonchev–Trinajstić information content (AvgIpc) is 3.33. The van der Waals surface area contributed by atoms with Crippen molar-refractivity contribution in [1.29, 1.82) is 0 Å². The van der Waals surface area contributed by atoms with Crippen LogP contribution in [0.4, 0.5) is 0 Å². The third kappa shape index (κ3) is 6.43. The number of para-hydroxylation sites is 2. The number of nitrogens with one attached hydrogen (secondary N) is 2. The van der Waals surface area contributed by atoms with Crippen LogP contribution in [0.1, 0.15) is 72.4 Å². The normalized spacial score (nSPS) is 15.3. The summed E-state index contributed by atoms with van der Waals surface area (Å²) in [5.74, 6) is -0.737. The predicted molar refractivity (Wildman–Crippen MR) is 138 cm³/mol. The second kappa shape index (κ2) is 11.2. The number of hydrogen-bond acceptors (Lipinski definition) is 7. The van der Waals surface area contributed by atoms with Crippen molar-refractivity contribution in [3.05, 3.63) is 60.0 Å². The Kier molecular flexibility index (Phi) is 8.06. The van der Waals surface area contributed by atoms with E-state index in [0.717, 1.165) is 25.5 Å². The fourth-order valence-electron chi connectivity index (χ4n) is 4.59. The van der Waals surface area contributed by atoms with Crippen LogP contribution >= 0.6 is 0 Å². The number of carbonyl (C=O) groups is 3. The number of fused-ring (bicyclic) bond motifs is 1. The van der Waals surface area contributed by atoms with Gasteiger partial charge in [0.25, 0.3) is 11.8 Å². The summed E-state index contributed by atoms with van der Waals surface area (Å²) in [6, 6.07) is 12.9. The minimum absolute atomic E-state index is 0.0960. The Hall–Kier alpha value is -3.53. The number of oxazole rings is 1. The topological polar surface area (TPSA) is 135 Å². The fourth-order valence-corrected chi connectivity index (χ4v) is 5.22. The van der Waals surface area contributed by atoms with Crippen LogP contribution < -0.4 is 10.6 Å². The first-order valence-electron chi connectivity index (χ1n) is 12.5. The molecule has 2 aromatic carbocycles. The van der Waals surface area contributed by atoms with Crippen molar-refractivity contribution in [2.24, 2.45) is 0 Å². The summed E-state index contributed by atoms with van der Waals surface area (Å²) in [7, 11) is -3.37. The van der Waals surface area contributed by atoms with Gasteiger partial charge >= 0.3 is 0 Å². The van der Waals surface area contributed by atoms with Crippen LogP contribution in [0.3, 0.4) is 0 Å². The number of nitrogens with zero attached hydrogens (tertiary/aromatic N) is 1. The molecule has 3 aromatic rings. The van der Waals surface area contributed by atoms with Gasteiger partial charge in [-0.3, -0.25) is 14.4 Å². The SMILES string of the molecule is CS(=O)(=O)c1ccc(C(=O)NC2(C(=O)NCCCCC(=O)c3nc4ccccc4o3)CCCCC2)cc1. The molecule has 0 saturated heterocycles. The van der Waals surface area contributed by atoms with Gasteiger partial charge in [0.05, 0.1) is 4.90 Å². The largest absolute Gasteiger partial charge is 0.434 e. The fraction of sp³-hybridized carbons (Fsp3) is 0.407. The molecule has 9 nitrogen and oxygen atoms in total. The highest BCUT2D eigenvalue weighted by atomic mass is 32.2. The van der Waals surface area contributed by atoms with Gasteiger partial charge in [-0.05, 0) is 62.1 Å². The zero-order valence-electron chi connectivity index (χ0n) is 20.8. The van der Waals surface area contributed by atoms with Crippen LogP contribution in [-0.4, -0.2) is 49.3 Å². The first-order valence-corrected chi connectivity index (χ1v) is 14.4. The highest BCUT2D eigenvalue weighted by Gasteiger charge is 2.40. The molecule has 1 aliphatic carbocycles. The number of unbranched alkanes of at least 4 members (excludes halogenated alkanes) is 1. The molecule has 1 saturated carbocycles. The minimum atomic E-state index is -3.37. The van der Waals surface area contributed by atoms with E-state index in [9.17, 15) is 22.8 Å². The molecule has 1 heterocycles. The summed E-state index contributed by atoms with van der Waals surface area (Å²) in [5.41, 5.74) is 0.496. The van der Waals surface area contributed by atoms with Crippen molar-refractivity contribution >= 4 is 38.5 Å². The molecule has 37 heavy (non-hydrogen) atoms. The molecule has 2 amide bonds. The van der Waals surface area contributed by atoms with Gasteiger partial charge in [0.1, 0.15) is 11.1 Å². The van der Waals surface area contributed by atoms with Gasteiger partial charge in [0.15, 0.2) is 15.4 Å². The maximum atomic E-state index is 13.2. The smallest absolute Gasteiger partial charge is 0.264 e. The quantitative estimate of drug-likeness (QED) is 0.303. The second-order valence-electron chi connectivity index (χ2n) is 9.52. The third-order valence-electron chi connectivity index (χ3n) is 6.69. The maximum Gasteiger partial charge on any atom is 0.264 e. The standard InChI is InChI=1S/C27H31N3O6S/c1-37(34,35)20-14-12-19(13-15-20)24(32)30-27(16-6-2-7-17-27)26(33)28-18-8-5-10-22(31)25-29-21-9-3-4-11-23(21)36-25/h3-4,9,11-15H,2,5-8,10,16-18H2,1H3,(H,28,33)(H,30,32). The number of benzene rings is 2. The summed E-state index contributed by atoms with van der Waals surface area (Å²) >= 11 is 0. The highest BCUT2D eigenvalue weighted by Crippen LogP contribution is 2.29. The molecule has 1 aromatic heterocycles. The lowest BCUT2D eigenvalue weighted by atomic mass is 9.80. The molecule has 10 heteroatoms. The van der Waals surface area contributed by atoms with Crippen LogP contribution in [0.5, 0.6) is 0 Å². The zero-order chi connectivity index (χ0) is 26.5. The molecule has 196 valence electrons. The predicted octanol–water partition coefficient (Wildman–Crippen LogP) is 3.83. The Morgan fingerprint density at radius 3 is 2.35 bits per heavy atom. The Bertz CT molecular complexity index is 1360. The summed E-state index contributed by atoms with van der Waals surface area (Å²) in [6.45, 7) is 0.375. The molecular weight excluding hydrogens is 494 g/mol. The van der Waals surface area contributed by atoms with E-state index in [1.54, 1.807) is 12.1 Å². The van der Waals surface area contributed by atoms with Gasteiger partial charge in [-0.2, -0.15) is 0 Å². The average molecular weight is 526 g/mol. The highest BCUT2D eigenvalue weighted by molar-refractivity contribution is 7.90. The number of ketones is 1. The first kappa shape index (κ1) is 26.5. The molecule has 0 bridgehead atoms. The van der Waals surface area contributed by atoms with Crippen molar-refractivity contribution in [2.45, 2.75) is 61.8 Å². The molecule has 0 radical (unpaired) electrons. The molecule has 0 aliphatic heterocycles. The van der Waals surface area contributed by atoms with Crippen molar-refractivity contribution < 1.29 is 27.2 Å². The molecule has 1 fully saturated rings. The lowest BCUT2D eigenvalue weighted by molar-refractivity contribution is -0.128. The summed E-state index contributed by atoms with van der Waals surface area (Å²) in [4.78, 5) is 42.9. The molecule has 1 aliphatic rings. The maximum absolute atomic E-state index is 13.2. The minimum Gasteiger partial charge on any atom is -0.434 e. The summed E-state index contributed by atoms with van der Waals surface area (Å²) in [5, 5.41) is 5.86. The van der Waals surface area contributed by atoms with Gasteiger partial charge in [-0.25, -0.2) is 13.4 Å². The van der Waals surface area contributed by atoms with E-state index >= 15 is 0 Å². The number of Topliss-reactive ketones (excluding diaryl/α,β-unsaturated/α-hetero) is 1. The van der Waals surface area contributed by atoms with Gasteiger partial charge in [-0.1, -0.05) is 31.4 Å². The van der Waals surface area contributed by atoms with E-state index in [1.165, 1.54) is 24.3 Å². The Morgan fingerprint density at radius 1 is 0.973 bits per heavy atom. The van der Waals surface area contributed by atoms with Gasteiger partial charge in [-0.15, -0.1) is 0 Å². The summed E-state index contributed by atoms with van der Waals surface area (Å²) < 4.78 is 28.9. The molecule has 2 N–H and O–H groups in total. The molecule has 0 spiro atoms. The Labute approximate surface area is 215 Å². The molecular formula is C27H31N3O6S. The number of rotatable bonds is 10. The first-order chi connectivity index (χ1) is 17.7. The zero-order valence-corrected chi connectivity index (χ0v) is 21.6. The van der Waals surface area contributed by atoms with Crippen LogP contribution in [0.2, 0.25) is 0 Å². The summed E-state index contributed by atoms with van der Waals surface area (Å²) in [6.07, 6.45) is 6.21. The molecule has 4 rings (SSSR count). The second-order valence-corrected chi connectivity index (χ2v) is 11.5. The van der Waals surface area contributed by atoms with Crippen LogP contribution in [0, 0.1) is 0 Å². The van der Waals surface area contributed by atoms with E-state index in [2.05, 4.69) is 15.6 Å². The van der Waals surface area contributed by atoms with E-state index in [0.29, 0.717) is 48.9 Å². The molecule has 0 unspecified atom stereocenters. The third-order valence-corrected chi connectivity index (χ3v) is 7.82. The van der Waals surface area contributed by atoms with Crippen LogP contribution in [-0.2, 0) is 14.6 Å². The van der Waals surface area contributed by atoms with Crippen molar-refractivity contribution in [3.63, 3.8) is 0 Å². The monoisotopic (exact) mass is 525 g/mol. The van der Waals surface area contributed by atoms with Crippen LogP contribution in [0.25, 0.3) is 11.1 Å². The van der Waals surface area contributed by atoms with E-state index in [1.807, 2.05) is 12.1 Å². The lowest BCUT2D eigenvalue weighted by Gasteiger charge is -2.36. The number of hydrogen-bond donors (Lipinski definition) is 2. The number of sulfone groups is 1. The van der Waals surface area contributed by atoms with Crippen molar-refractivity contribution in [2.75, 3.05) is 12.8 Å². The van der Waals surface area contributed by atoms with Crippen molar-refractivity contribution in [3.8, 4) is 0 Å². The van der Waals surface area contributed by atoms with Gasteiger partial charge in [0.2, 0.25) is 11.7 Å². The number of amides is 2. The molecule has 0 atom stereocenters. The Balaban J connectivity index is 1.30. The Morgan fingerprint density at radius 2 is 1.68 bits per heavy atom. The lowest BCUT2D eigenvalue weighted by Crippen LogP contribution is -2.59. The number of carbonyl (C=O) groups excluding carboxylic acids is 3. The van der Waals surface area contributed by atoms with Gasteiger partial charge < -0.3 is 15.1 Å².